The molecule has 0 atom stereocenters. The number of nitrogens with one attached hydrogen (secondary N) is 1. The van der Waals surface area contributed by atoms with Crippen molar-refractivity contribution in [1.29, 1.82) is 0 Å². The Bertz CT molecular complexity index is 450. The highest BCUT2D eigenvalue weighted by Gasteiger charge is 1.97. The maximum absolute atomic E-state index is 5.65. The largest absolute Gasteiger partial charge is 0.494 e. The summed E-state index contributed by atoms with van der Waals surface area (Å²) in [4.78, 5) is 1.37. The van der Waals surface area contributed by atoms with Gasteiger partial charge in [-0.1, -0.05) is 31.5 Å². The SMILES string of the molecule is CCCCOc1ccc(CNCc2cccs2)cc1. The number of hydrogen-bond acceptors (Lipinski definition) is 3. The Morgan fingerprint density at radius 2 is 1.95 bits per heavy atom. The van der Waals surface area contributed by atoms with E-state index in [1.54, 1.807) is 11.3 Å². The molecule has 1 N–H and O–H groups in total. The van der Waals surface area contributed by atoms with Crippen molar-refractivity contribution in [3.05, 3.63) is 52.2 Å². The zero-order chi connectivity index (χ0) is 13.3. The van der Waals surface area contributed by atoms with Crippen molar-refractivity contribution in [3.8, 4) is 5.75 Å². The molecular weight excluding hydrogens is 254 g/mol. The van der Waals surface area contributed by atoms with Crippen LogP contribution < -0.4 is 10.1 Å². The molecule has 0 fully saturated rings. The van der Waals surface area contributed by atoms with Gasteiger partial charge in [-0.25, -0.2) is 0 Å². The van der Waals surface area contributed by atoms with Crippen molar-refractivity contribution in [2.45, 2.75) is 32.9 Å². The standard InChI is InChI=1S/C16H21NOS/c1-2-3-10-18-15-8-6-14(7-9-15)12-17-13-16-5-4-11-19-16/h4-9,11,17H,2-3,10,12-13H2,1H3. The van der Waals surface area contributed by atoms with Crippen LogP contribution in [0.2, 0.25) is 0 Å². The second kappa shape index (κ2) is 7.97. The van der Waals surface area contributed by atoms with Gasteiger partial charge >= 0.3 is 0 Å². The Morgan fingerprint density at radius 3 is 2.63 bits per heavy atom. The minimum atomic E-state index is 0.812. The van der Waals surface area contributed by atoms with Crippen molar-refractivity contribution in [2.75, 3.05) is 6.61 Å². The van der Waals surface area contributed by atoms with Crippen LogP contribution in [-0.2, 0) is 13.1 Å². The zero-order valence-corrected chi connectivity index (χ0v) is 12.2. The lowest BCUT2D eigenvalue weighted by molar-refractivity contribution is 0.309. The van der Waals surface area contributed by atoms with Crippen LogP contribution >= 0.6 is 11.3 Å². The number of rotatable bonds is 8. The molecule has 2 aromatic rings. The van der Waals surface area contributed by atoms with E-state index in [1.807, 2.05) is 0 Å². The number of thiophene rings is 1. The molecule has 19 heavy (non-hydrogen) atoms. The van der Waals surface area contributed by atoms with Crippen molar-refractivity contribution in [2.24, 2.45) is 0 Å². The summed E-state index contributed by atoms with van der Waals surface area (Å²) in [5.41, 5.74) is 1.29. The molecule has 0 saturated carbocycles. The van der Waals surface area contributed by atoms with Crippen LogP contribution in [0.3, 0.4) is 0 Å². The summed E-state index contributed by atoms with van der Waals surface area (Å²) >= 11 is 1.79. The molecule has 0 aliphatic heterocycles. The fraction of sp³-hybridized carbons (Fsp3) is 0.375. The Morgan fingerprint density at radius 1 is 1.11 bits per heavy atom. The Kier molecular flexibility index (Phi) is 5.92. The van der Waals surface area contributed by atoms with Gasteiger partial charge in [-0.15, -0.1) is 11.3 Å². The van der Waals surface area contributed by atoms with Gasteiger partial charge in [0.05, 0.1) is 6.61 Å². The lowest BCUT2D eigenvalue weighted by Crippen LogP contribution is -2.11. The van der Waals surface area contributed by atoms with Gasteiger partial charge in [0.15, 0.2) is 0 Å². The predicted molar refractivity (Wildman–Crippen MR) is 81.7 cm³/mol. The molecule has 2 rings (SSSR count). The van der Waals surface area contributed by atoms with Crippen LogP contribution in [0.5, 0.6) is 5.75 Å². The van der Waals surface area contributed by atoms with Crippen molar-refractivity contribution in [1.82, 2.24) is 5.32 Å². The third kappa shape index (κ3) is 5.05. The molecule has 1 aromatic carbocycles. The van der Waals surface area contributed by atoms with E-state index >= 15 is 0 Å². The second-order valence-electron chi connectivity index (χ2n) is 4.53. The highest BCUT2D eigenvalue weighted by molar-refractivity contribution is 7.09. The third-order valence-electron chi connectivity index (χ3n) is 2.90. The van der Waals surface area contributed by atoms with Gasteiger partial charge < -0.3 is 10.1 Å². The molecule has 0 saturated heterocycles. The van der Waals surface area contributed by atoms with E-state index in [9.17, 15) is 0 Å². The number of ether oxygens (including phenoxy) is 1. The van der Waals surface area contributed by atoms with Crippen molar-refractivity contribution < 1.29 is 4.74 Å². The first-order valence-corrected chi connectivity index (χ1v) is 7.71. The summed E-state index contributed by atoms with van der Waals surface area (Å²) in [6.07, 6.45) is 2.29. The fourth-order valence-corrected chi connectivity index (χ4v) is 2.46. The summed E-state index contributed by atoms with van der Waals surface area (Å²) in [6, 6.07) is 12.6. The molecule has 0 radical (unpaired) electrons. The van der Waals surface area contributed by atoms with E-state index in [2.05, 4.69) is 54.0 Å². The van der Waals surface area contributed by atoms with E-state index in [4.69, 9.17) is 4.74 Å². The zero-order valence-electron chi connectivity index (χ0n) is 11.4. The van der Waals surface area contributed by atoms with E-state index in [1.165, 1.54) is 16.9 Å². The minimum absolute atomic E-state index is 0.812. The summed E-state index contributed by atoms with van der Waals surface area (Å²) in [5.74, 6) is 0.968. The molecule has 1 heterocycles. The van der Waals surface area contributed by atoms with Gasteiger partial charge in [0.2, 0.25) is 0 Å². The molecule has 0 aliphatic carbocycles. The Hall–Kier alpha value is -1.32. The minimum Gasteiger partial charge on any atom is -0.494 e. The molecule has 0 unspecified atom stereocenters. The maximum Gasteiger partial charge on any atom is 0.119 e. The smallest absolute Gasteiger partial charge is 0.119 e. The average Bonchev–Trinajstić information content (AvgIpc) is 2.94. The van der Waals surface area contributed by atoms with E-state index in [0.29, 0.717) is 0 Å². The predicted octanol–water partition coefficient (Wildman–Crippen LogP) is 4.22. The molecule has 102 valence electrons. The first-order chi connectivity index (χ1) is 9.38. The second-order valence-corrected chi connectivity index (χ2v) is 5.56. The molecule has 2 nitrogen and oxygen atoms in total. The van der Waals surface area contributed by atoms with Gasteiger partial charge in [0, 0.05) is 18.0 Å². The molecule has 0 bridgehead atoms. The maximum atomic E-state index is 5.65. The highest BCUT2D eigenvalue weighted by atomic mass is 32.1. The molecule has 0 spiro atoms. The fourth-order valence-electron chi connectivity index (χ4n) is 1.78. The molecule has 0 aliphatic rings. The number of unbranched alkanes of at least 4 members (excludes halogenated alkanes) is 1. The monoisotopic (exact) mass is 275 g/mol. The topological polar surface area (TPSA) is 21.3 Å². The van der Waals surface area contributed by atoms with Crippen molar-refractivity contribution >= 4 is 11.3 Å². The Labute approximate surface area is 119 Å². The normalized spacial score (nSPS) is 10.6. The molecule has 3 heteroatoms. The van der Waals surface area contributed by atoms with Gasteiger partial charge in [-0.05, 0) is 35.6 Å². The van der Waals surface area contributed by atoms with Crippen molar-refractivity contribution in [3.63, 3.8) is 0 Å². The first-order valence-electron chi connectivity index (χ1n) is 6.83. The van der Waals surface area contributed by atoms with Crippen LogP contribution in [0.25, 0.3) is 0 Å². The van der Waals surface area contributed by atoms with Crippen LogP contribution in [-0.4, -0.2) is 6.61 Å². The Balaban J connectivity index is 1.72. The highest BCUT2D eigenvalue weighted by Crippen LogP contribution is 2.13. The average molecular weight is 275 g/mol. The van der Waals surface area contributed by atoms with Gasteiger partial charge in [-0.2, -0.15) is 0 Å². The number of hydrogen-bond donors (Lipinski definition) is 1. The first kappa shape index (κ1) is 14.1. The lowest BCUT2D eigenvalue weighted by atomic mass is 10.2. The lowest BCUT2D eigenvalue weighted by Gasteiger charge is -2.07. The van der Waals surface area contributed by atoms with E-state index < -0.39 is 0 Å². The molecular formula is C16H21NOS. The van der Waals surface area contributed by atoms with Gasteiger partial charge in [-0.3, -0.25) is 0 Å². The van der Waals surface area contributed by atoms with Gasteiger partial charge in [0.1, 0.15) is 5.75 Å². The summed E-state index contributed by atoms with van der Waals surface area (Å²) in [6.45, 7) is 4.82. The van der Waals surface area contributed by atoms with Gasteiger partial charge in [0.25, 0.3) is 0 Å². The molecule has 0 amide bonds. The van der Waals surface area contributed by atoms with Crippen LogP contribution in [0.1, 0.15) is 30.2 Å². The van der Waals surface area contributed by atoms with Crippen LogP contribution in [0, 0.1) is 0 Å². The van der Waals surface area contributed by atoms with E-state index in [-0.39, 0.29) is 0 Å². The van der Waals surface area contributed by atoms with Crippen LogP contribution in [0.15, 0.2) is 41.8 Å². The summed E-state index contributed by atoms with van der Waals surface area (Å²) in [5, 5.41) is 5.56. The number of benzene rings is 1. The van der Waals surface area contributed by atoms with E-state index in [0.717, 1.165) is 31.9 Å². The summed E-state index contributed by atoms with van der Waals surface area (Å²) < 4.78 is 5.65. The quantitative estimate of drug-likeness (QED) is 0.728. The molecule has 1 aromatic heterocycles. The third-order valence-corrected chi connectivity index (χ3v) is 3.77. The summed E-state index contributed by atoms with van der Waals surface area (Å²) in [7, 11) is 0. The van der Waals surface area contributed by atoms with Crippen LogP contribution in [0.4, 0.5) is 0 Å².